The van der Waals surface area contributed by atoms with Gasteiger partial charge in [-0.25, -0.2) is 14.3 Å². The predicted molar refractivity (Wildman–Crippen MR) is 92.4 cm³/mol. The van der Waals surface area contributed by atoms with Crippen LogP contribution in [0, 0.1) is 0 Å². The highest BCUT2D eigenvalue weighted by Gasteiger charge is 2.11. The number of carboxylic acids is 1. The number of rotatable bonds is 6. The summed E-state index contributed by atoms with van der Waals surface area (Å²) in [6.07, 6.45) is 3.54. The molecule has 1 aromatic carbocycles. The maximum atomic E-state index is 11.2. The molecule has 2 aromatic heterocycles. The predicted octanol–water partition coefficient (Wildman–Crippen LogP) is 2.07. The number of carbonyl (C=O) groups is 1. The van der Waals surface area contributed by atoms with Crippen LogP contribution < -0.4 is 5.32 Å². The molecule has 0 aliphatic heterocycles. The second-order valence-corrected chi connectivity index (χ2v) is 5.76. The molecule has 0 aliphatic carbocycles. The normalized spacial score (nSPS) is 11.1. The lowest BCUT2D eigenvalue weighted by Crippen LogP contribution is -2.21. The van der Waals surface area contributed by atoms with E-state index in [1.54, 1.807) is 28.9 Å². The molecule has 0 unspecified atom stereocenters. The Morgan fingerprint density at radius 1 is 1.33 bits per heavy atom. The van der Waals surface area contributed by atoms with E-state index in [4.69, 9.17) is 5.11 Å². The van der Waals surface area contributed by atoms with E-state index in [2.05, 4.69) is 20.3 Å². The van der Waals surface area contributed by atoms with E-state index < -0.39 is 5.97 Å². The highest BCUT2D eigenvalue weighted by molar-refractivity contribution is 5.90. The second-order valence-electron chi connectivity index (χ2n) is 5.76. The Labute approximate surface area is 139 Å². The summed E-state index contributed by atoms with van der Waals surface area (Å²) in [7, 11) is 4.03. The first-order valence-corrected chi connectivity index (χ1v) is 7.61. The SMILES string of the molecule is CN(C)CCNc1ccn2ncc(-c3cccc(C(=O)O)c3)c2n1. The summed E-state index contributed by atoms with van der Waals surface area (Å²) in [4.78, 5) is 17.9. The zero-order valence-corrected chi connectivity index (χ0v) is 13.6. The van der Waals surface area contributed by atoms with Crippen LogP contribution in [-0.2, 0) is 0 Å². The molecular weight excluding hydrogens is 306 g/mol. The van der Waals surface area contributed by atoms with Crippen molar-refractivity contribution in [1.82, 2.24) is 19.5 Å². The molecule has 7 nitrogen and oxygen atoms in total. The molecule has 124 valence electrons. The van der Waals surface area contributed by atoms with Crippen LogP contribution in [-0.4, -0.2) is 57.8 Å². The summed E-state index contributed by atoms with van der Waals surface area (Å²) in [6, 6.07) is 8.65. The van der Waals surface area contributed by atoms with E-state index in [-0.39, 0.29) is 5.56 Å². The van der Waals surface area contributed by atoms with Gasteiger partial charge in [0.25, 0.3) is 0 Å². The van der Waals surface area contributed by atoms with Gasteiger partial charge in [-0.15, -0.1) is 0 Å². The van der Waals surface area contributed by atoms with Gasteiger partial charge in [-0.2, -0.15) is 5.10 Å². The van der Waals surface area contributed by atoms with Crippen LogP contribution in [0.3, 0.4) is 0 Å². The summed E-state index contributed by atoms with van der Waals surface area (Å²) in [5.74, 6) is -0.187. The zero-order valence-electron chi connectivity index (χ0n) is 13.6. The fourth-order valence-electron chi connectivity index (χ4n) is 2.40. The quantitative estimate of drug-likeness (QED) is 0.722. The molecule has 2 N–H and O–H groups in total. The highest BCUT2D eigenvalue weighted by Crippen LogP contribution is 2.25. The molecule has 7 heteroatoms. The van der Waals surface area contributed by atoms with Gasteiger partial charge in [0.05, 0.1) is 11.8 Å². The number of likely N-dealkylation sites (N-methyl/N-ethyl adjacent to an activating group) is 1. The third kappa shape index (κ3) is 3.36. The topological polar surface area (TPSA) is 82.8 Å². The second kappa shape index (κ2) is 6.67. The summed E-state index contributed by atoms with van der Waals surface area (Å²) < 4.78 is 1.68. The Morgan fingerprint density at radius 2 is 2.17 bits per heavy atom. The Kier molecular flexibility index (Phi) is 4.43. The van der Waals surface area contributed by atoms with Crippen molar-refractivity contribution in [3.05, 3.63) is 48.3 Å². The first-order valence-electron chi connectivity index (χ1n) is 7.61. The van der Waals surface area contributed by atoms with Crippen LogP contribution in [0.2, 0.25) is 0 Å². The third-order valence-corrected chi connectivity index (χ3v) is 3.65. The Hall–Kier alpha value is -2.93. The highest BCUT2D eigenvalue weighted by atomic mass is 16.4. The van der Waals surface area contributed by atoms with Crippen molar-refractivity contribution in [3.63, 3.8) is 0 Å². The van der Waals surface area contributed by atoms with Gasteiger partial charge in [0.15, 0.2) is 5.65 Å². The first kappa shape index (κ1) is 15.9. The molecule has 3 aromatic rings. The lowest BCUT2D eigenvalue weighted by molar-refractivity contribution is 0.0697. The summed E-state index contributed by atoms with van der Waals surface area (Å²) in [5.41, 5.74) is 2.51. The standard InChI is InChI=1S/C17H19N5O2/c1-21(2)9-7-18-15-6-8-22-16(20-15)14(11-19-22)12-4-3-5-13(10-12)17(23)24/h3-6,8,10-11H,7,9H2,1-2H3,(H,18,20)(H,23,24). The van der Waals surface area contributed by atoms with Crippen molar-refractivity contribution in [1.29, 1.82) is 0 Å². The van der Waals surface area contributed by atoms with E-state index in [1.165, 1.54) is 0 Å². The van der Waals surface area contributed by atoms with E-state index in [0.29, 0.717) is 5.65 Å². The maximum Gasteiger partial charge on any atom is 0.335 e. The number of nitrogens with zero attached hydrogens (tertiary/aromatic N) is 4. The maximum absolute atomic E-state index is 11.2. The molecular formula is C17H19N5O2. The average Bonchev–Trinajstić information content (AvgIpc) is 2.98. The lowest BCUT2D eigenvalue weighted by Gasteiger charge is -2.11. The van der Waals surface area contributed by atoms with Gasteiger partial charge in [-0.3, -0.25) is 0 Å². The van der Waals surface area contributed by atoms with Crippen molar-refractivity contribution in [2.75, 3.05) is 32.5 Å². The fraction of sp³-hybridized carbons (Fsp3) is 0.235. The Morgan fingerprint density at radius 3 is 2.92 bits per heavy atom. The Balaban J connectivity index is 1.94. The van der Waals surface area contributed by atoms with Crippen molar-refractivity contribution < 1.29 is 9.90 Å². The molecule has 0 amide bonds. The van der Waals surface area contributed by atoms with Crippen LogP contribution >= 0.6 is 0 Å². The van der Waals surface area contributed by atoms with Crippen LogP contribution in [0.1, 0.15) is 10.4 Å². The van der Waals surface area contributed by atoms with E-state index >= 15 is 0 Å². The van der Waals surface area contributed by atoms with Crippen LogP contribution in [0.15, 0.2) is 42.7 Å². The number of aromatic carboxylic acids is 1. The van der Waals surface area contributed by atoms with Gasteiger partial charge in [-0.05, 0) is 37.9 Å². The molecule has 0 radical (unpaired) electrons. The fourth-order valence-corrected chi connectivity index (χ4v) is 2.40. The van der Waals surface area contributed by atoms with Gasteiger partial charge >= 0.3 is 5.97 Å². The lowest BCUT2D eigenvalue weighted by atomic mass is 10.1. The number of nitrogens with one attached hydrogen (secondary N) is 1. The van der Waals surface area contributed by atoms with Gasteiger partial charge in [0.1, 0.15) is 5.82 Å². The van der Waals surface area contributed by atoms with Crippen LogP contribution in [0.4, 0.5) is 5.82 Å². The molecule has 3 rings (SSSR count). The van der Waals surface area contributed by atoms with Crippen molar-refractivity contribution in [2.45, 2.75) is 0 Å². The molecule has 0 spiro atoms. The number of benzene rings is 1. The van der Waals surface area contributed by atoms with Crippen molar-refractivity contribution in [3.8, 4) is 11.1 Å². The first-order chi connectivity index (χ1) is 11.5. The minimum atomic E-state index is -0.952. The number of aromatic nitrogens is 3. The molecule has 0 atom stereocenters. The number of anilines is 1. The Bertz CT molecular complexity index is 872. The molecule has 2 heterocycles. The van der Waals surface area contributed by atoms with Crippen LogP contribution in [0.5, 0.6) is 0 Å². The number of carboxylic acid groups (broad SMARTS) is 1. The van der Waals surface area contributed by atoms with Gasteiger partial charge in [0.2, 0.25) is 0 Å². The van der Waals surface area contributed by atoms with Crippen molar-refractivity contribution >= 4 is 17.4 Å². The molecule has 0 saturated heterocycles. The minimum absolute atomic E-state index is 0.243. The number of hydrogen-bond donors (Lipinski definition) is 2. The molecule has 0 bridgehead atoms. The van der Waals surface area contributed by atoms with Gasteiger partial charge in [0, 0.05) is 24.8 Å². The summed E-state index contributed by atoms with van der Waals surface area (Å²) in [6.45, 7) is 1.69. The largest absolute Gasteiger partial charge is 0.478 e. The smallest absolute Gasteiger partial charge is 0.335 e. The number of hydrogen-bond acceptors (Lipinski definition) is 5. The monoisotopic (exact) mass is 325 g/mol. The minimum Gasteiger partial charge on any atom is -0.478 e. The molecule has 24 heavy (non-hydrogen) atoms. The summed E-state index contributed by atoms with van der Waals surface area (Å²) in [5, 5.41) is 16.7. The molecule has 0 aliphatic rings. The number of fused-ring (bicyclic) bond motifs is 1. The zero-order chi connectivity index (χ0) is 17.1. The molecule has 0 fully saturated rings. The third-order valence-electron chi connectivity index (χ3n) is 3.65. The summed E-state index contributed by atoms with van der Waals surface area (Å²) >= 11 is 0. The van der Waals surface area contributed by atoms with E-state index in [1.807, 2.05) is 32.4 Å². The van der Waals surface area contributed by atoms with Crippen LogP contribution in [0.25, 0.3) is 16.8 Å². The van der Waals surface area contributed by atoms with Gasteiger partial charge < -0.3 is 15.3 Å². The van der Waals surface area contributed by atoms with E-state index in [0.717, 1.165) is 30.0 Å². The average molecular weight is 325 g/mol. The molecule has 0 saturated carbocycles. The van der Waals surface area contributed by atoms with Crippen molar-refractivity contribution in [2.24, 2.45) is 0 Å². The van der Waals surface area contributed by atoms with Gasteiger partial charge in [-0.1, -0.05) is 12.1 Å². The van der Waals surface area contributed by atoms with E-state index in [9.17, 15) is 4.79 Å².